The summed E-state index contributed by atoms with van der Waals surface area (Å²) in [5.74, 6) is -0.150. The lowest BCUT2D eigenvalue weighted by molar-refractivity contribution is -0.125. The fourth-order valence-electron chi connectivity index (χ4n) is 3.47. The Bertz CT molecular complexity index is 594. The van der Waals surface area contributed by atoms with Gasteiger partial charge in [0.05, 0.1) is 12.6 Å². The molecule has 0 aromatic heterocycles. The first-order valence-corrected chi connectivity index (χ1v) is 8.82. The highest BCUT2D eigenvalue weighted by atomic mass is 16.3. The number of aliphatic hydroxyl groups excluding tert-OH is 1. The van der Waals surface area contributed by atoms with Crippen LogP contribution in [-0.2, 0) is 4.79 Å². The molecule has 2 N–H and O–H groups in total. The number of nitrogens with zero attached hydrogens (tertiary/aromatic N) is 3. The Morgan fingerprint density at radius 1 is 1.20 bits per heavy atom. The minimum absolute atomic E-state index is 0.111. The molecule has 0 bridgehead atoms. The summed E-state index contributed by atoms with van der Waals surface area (Å²) in [5.41, 5.74) is 0.940. The molecule has 3 rings (SSSR count). The molecule has 2 aliphatic rings. The third-order valence-corrected chi connectivity index (χ3v) is 5.02. The topological polar surface area (TPSA) is 76.1 Å². The number of piperazine rings is 1. The summed E-state index contributed by atoms with van der Waals surface area (Å²) >= 11 is 0. The van der Waals surface area contributed by atoms with E-state index in [4.69, 9.17) is 0 Å². The molecular weight excluding hydrogens is 320 g/mol. The van der Waals surface area contributed by atoms with Gasteiger partial charge in [0.15, 0.2) is 0 Å². The van der Waals surface area contributed by atoms with Gasteiger partial charge >= 0.3 is 6.03 Å². The minimum Gasteiger partial charge on any atom is -0.387 e. The molecule has 1 aromatic carbocycles. The molecule has 7 heteroatoms. The number of nitrogens with one attached hydrogen (secondary N) is 1. The summed E-state index contributed by atoms with van der Waals surface area (Å²) in [7, 11) is 0. The molecule has 7 nitrogen and oxygen atoms in total. The summed E-state index contributed by atoms with van der Waals surface area (Å²) in [5, 5.41) is 13.0. The Kier molecular flexibility index (Phi) is 5.67. The number of carbonyl (C=O) groups is 2. The quantitative estimate of drug-likeness (QED) is 0.724. The number of urea groups is 1. The van der Waals surface area contributed by atoms with E-state index in [1.54, 1.807) is 0 Å². The van der Waals surface area contributed by atoms with Crippen molar-refractivity contribution < 1.29 is 14.7 Å². The number of β-amino-alcohol motifs (C(OH)–C–C–N with tert-alkyl or cyclic N) is 1. The van der Waals surface area contributed by atoms with Gasteiger partial charge < -0.3 is 10.4 Å². The van der Waals surface area contributed by atoms with Crippen LogP contribution in [-0.4, -0.2) is 83.6 Å². The highest BCUT2D eigenvalue weighted by molar-refractivity contribution is 6.01. The van der Waals surface area contributed by atoms with Crippen molar-refractivity contribution in [3.63, 3.8) is 0 Å². The van der Waals surface area contributed by atoms with E-state index in [2.05, 4.69) is 22.0 Å². The Morgan fingerprint density at radius 2 is 1.96 bits per heavy atom. The monoisotopic (exact) mass is 346 g/mol. The van der Waals surface area contributed by atoms with Crippen LogP contribution in [0.1, 0.15) is 18.6 Å². The van der Waals surface area contributed by atoms with Gasteiger partial charge in [-0.1, -0.05) is 30.3 Å². The standard InChI is InChI=1S/C18H26N4O3/c1-14-12-20(8-10-22-17(24)11-19-18(22)25)7-9-21(14)13-16(23)15-5-3-2-4-6-15/h2-6,14,16,23H,7-13H2,1H3,(H,19,25)/t14-,16+/m1/s1. The molecule has 25 heavy (non-hydrogen) atoms. The van der Waals surface area contributed by atoms with Crippen LogP contribution in [0.15, 0.2) is 30.3 Å². The number of rotatable bonds is 6. The first-order chi connectivity index (χ1) is 12.0. The fourth-order valence-corrected chi connectivity index (χ4v) is 3.47. The summed E-state index contributed by atoms with van der Waals surface area (Å²) in [4.78, 5) is 29.0. The second kappa shape index (κ2) is 7.95. The van der Waals surface area contributed by atoms with Crippen LogP contribution in [0, 0.1) is 0 Å². The van der Waals surface area contributed by atoms with Gasteiger partial charge in [-0.25, -0.2) is 4.79 Å². The minimum atomic E-state index is -0.485. The summed E-state index contributed by atoms with van der Waals surface area (Å²) in [6, 6.07) is 9.75. The maximum Gasteiger partial charge on any atom is 0.324 e. The number of hydrogen-bond donors (Lipinski definition) is 2. The van der Waals surface area contributed by atoms with Gasteiger partial charge in [-0.05, 0) is 12.5 Å². The van der Waals surface area contributed by atoms with E-state index in [9.17, 15) is 14.7 Å². The van der Waals surface area contributed by atoms with Crippen LogP contribution in [0.3, 0.4) is 0 Å². The molecule has 0 unspecified atom stereocenters. The number of imide groups is 1. The molecule has 0 saturated carbocycles. The predicted molar refractivity (Wildman–Crippen MR) is 94.0 cm³/mol. The van der Waals surface area contributed by atoms with Gasteiger partial charge in [0.25, 0.3) is 0 Å². The van der Waals surface area contributed by atoms with Crippen LogP contribution in [0.4, 0.5) is 4.79 Å². The van der Waals surface area contributed by atoms with Crippen molar-refractivity contribution in [2.75, 3.05) is 45.8 Å². The van der Waals surface area contributed by atoms with Gasteiger partial charge in [0.1, 0.15) is 0 Å². The van der Waals surface area contributed by atoms with E-state index in [-0.39, 0.29) is 18.5 Å². The number of aliphatic hydroxyl groups is 1. The second-order valence-corrected chi connectivity index (χ2v) is 6.78. The maximum absolute atomic E-state index is 11.6. The average molecular weight is 346 g/mol. The molecule has 136 valence electrons. The van der Waals surface area contributed by atoms with Gasteiger partial charge in [-0.15, -0.1) is 0 Å². The van der Waals surface area contributed by atoms with E-state index in [1.165, 1.54) is 4.90 Å². The van der Waals surface area contributed by atoms with Crippen LogP contribution in [0.2, 0.25) is 0 Å². The first-order valence-electron chi connectivity index (χ1n) is 8.82. The third kappa shape index (κ3) is 4.36. The van der Waals surface area contributed by atoms with Crippen LogP contribution in [0.25, 0.3) is 0 Å². The van der Waals surface area contributed by atoms with E-state index in [1.807, 2.05) is 30.3 Å². The van der Waals surface area contributed by atoms with Gasteiger partial charge in [0.2, 0.25) is 5.91 Å². The van der Waals surface area contributed by atoms with Crippen molar-refractivity contribution in [3.8, 4) is 0 Å². The van der Waals surface area contributed by atoms with Crippen LogP contribution in [0.5, 0.6) is 0 Å². The Hall–Kier alpha value is -1.96. The lowest BCUT2D eigenvalue weighted by Crippen LogP contribution is -2.54. The SMILES string of the molecule is C[C@@H]1CN(CCN2C(=O)CNC2=O)CCN1C[C@H](O)c1ccccc1. The van der Waals surface area contributed by atoms with Crippen molar-refractivity contribution in [3.05, 3.63) is 35.9 Å². The van der Waals surface area contributed by atoms with E-state index in [0.29, 0.717) is 25.7 Å². The molecular formula is C18H26N4O3. The zero-order valence-corrected chi connectivity index (χ0v) is 14.6. The Labute approximate surface area is 148 Å². The molecule has 2 fully saturated rings. The van der Waals surface area contributed by atoms with E-state index in [0.717, 1.165) is 25.2 Å². The predicted octanol–water partition coefficient (Wildman–Crippen LogP) is 0.278. The van der Waals surface area contributed by atoms with Crippen molar-refractivity contribution in [1.82, 2.24) is 20.0 Å². The van der Waals surface area contributed by atoms with Crippen molar-refractivity contribution in [2.24, 2.45) is 0 Å². The maximum atomic E-state index is 11.6. The molecule has 0 aliphatic carbocycles. The normalized spacial score (nSPS) is 23.8. The lowest BCUT2D eigenvalue weighted by atomic mass is 10.1. The van der Waals surface area contributed by atoms with Crippen molar-refractivity contribution >= 4 is 11.9 Å². The third-order valence-electron chi connectivity index (χ3n) is 5.02. The molecule has 2 heterocycles. The van der Waals surface area contributed by atoms with E-state index < -0.39 is 6.10 Å². The summed E-state index contributed by atoms with van der Waals surface area (Å²) in [6.07, 6.45) is -0.485. The molecule has 2 saturated heterocycles. The highest BCUT2D eigenvalue weighted by Crippen LogP contribution is 2.17. The van der Waals surface area contributed by atoms with Crippen LogP contribution < -0.4 is 5.32 Å². The molecule has 0 spiro atoms. The van der Waals surface area contributed by atoms with E-state index >= 15 is 0 Å². The van der Waals surface area contributed by atoms with Crippen molar-refractivity contribution in [2.45, 2.75) is 19.1 Å². The molecule has 3 amide bonds. The number of carbonyl (C=O) groups excluding carboxylic acids is 2. The zero-order chi connectivity index (χ0) is 17.8. The summed E-state index contributed by atoms with van der Waals surface area (Å²) < 4.78 is 0. The average Bonchev–Trinajstić information content (AvgIpc) is 2.94. The Balaban J connectivity index is 1.46. The molecule has 1 aromatic rings. The lowest BCUT2D eigenvalue weighted by Gasteiger charge is -2.41. The fraction of sp³-hybridized carbons (Fsp3) is 0.556. The largest absolute Gasteiger partial charge is 0.387 e. The van der Waals surface area contributed by atoms with Gasteiger partial charge in [-0.2, -0.15) is 0 Å². The highest BCUT2D eigenvalue weighted by Gasteiger charge is 2.30. The molecule has 2 atom stereocenters. The molecule has 0 radical (unpaired) electrons. The van der Waals surface area contributed by atoms with Crippen LogP contribution >= 0.6 is 0 Å². The number of amides is 3. The van der Waals surface area contributed by atoms with Gasteiger partial charge in [0, 0.05) is 45.3 Å². The first kappa shape index (κ1) is 17.8. The Morgan fingerprint density at radius 3 is 2.60 bits per heavy atom. The summed E-state index contributed by atoms with van der Waals surface area (Å²) in [6.45, 7) is 6.61. The van der Waals surface area contributed by atoms with Crippen molar-refractivity contribution in [1.29, 1.82) is 0 Å². The number of hydrogen-bond acceptors (Lipinski definition) is 5. The number of benzene rings is 1. The smallest absolute Gasteiger partial charge is 0.324 e. The van der Waals surface area contributed by atoms with Gasteiger partial charge in [-0.3, -0.25) is 19.5 Å². The zero-order valence-electron chi connectivity index (χ0n) is 14.6. The second-order valence-electron chi connectivity index (χ2n) is 6.78. The molecule has 2 aliphatic heterocycles.